The molecular weight excluding hydrogens is 426 g/mol. The van der Waals surface area contributed by atoms with Crippen molar-refractivity contribution in [2.24, 2.45) is 10.9 Å². The molecule has 0 aliphatic carbocycles. The zero-order valence-corrected chi connectivity index (χ0v) is 19.2. The van der Waals surface area contributed by atoms with E-state index in [0.717, 1.165) is 25.7 Å². The molecule has 176 valence electrons. The van der Waals surface area contributed by atoms with E-state index in [9.17, 15) is 19.7 Å². The molecule has 1 aliphatic heterocycles. The van der Waals surface area contributed by atoms with Crippen LogP contribution in [-0.2, 0) is 19.1 Å². The van der Waals surface area contributed by atoms with E-state index in [1.54, 1.807) is 19.9 Å². The lowest BCUT2D eigenvalue weighted by Crippen LogP contribution is -2.36. The second-order valence-electron chi connectivity index (χ2n) is 7.89. The molecule has 9 heteroatoms. The van der Waals surface area contributed by atoms with Gasteiger partial charge in [-0.05, 0) is 32.3 Å². The van der Waals surface area contributed by atoms with Crippen molar-refractivity contribution >= 4 is 23.3 Å². The van der Waals surface area contributed by atoms with E-state index in [0.29, 0.717) is 29.8 Å². The van der Waals surface area contributed by atoms with Gasteiger partial charge in [0.15, 0.2) is 0 Å². The van der Waals surface area contributed by atoms with Crippen molar-refractivity contribution in [1.82, 2.24) is 0 Å². The first-order chi connectivity index (χ1) is 15.8. The maximum absolute atomic E-state index is 13.1. The SMILES string of the molecule is COC(=O)C1C(C)=NC(C)=C(C(=O)OCCCCCCCC#N)C1c1cccc([N+](=O)[O-])c1. The van der Waals surface area contributed by atoms with E-state index < -0.39 is 28.7 Å². The average molecular weight is 456 g/mol. The van der Waals surface area contributed by atoms with Gasteiger partial charge in [0.25, 0.3) is 5.69 Å². The highest BCUT2D eigenvalue weighted by Crippen LogP contribution is 2.40. The fraction of sp³-hybridized carbons (Fsp3) is 0.500. The summed E-state index contributed by atoms with van der Waals surface area (Å²) in [5.41, 5.74) is 1.37. The topological polar surface area (TPSA) is 132 Å². The summed E-state index contributed by atoms with van der Waals surface area (Å²) >= 11 is 0. The molecule has 1 aromatic carbocycles. The number of rotatable bonds is 11. The van der Waals surface area contributed by atoms with Gasteiger partial charge >= 0.3 is 11.9 Å². The standard InChI is InChI=1S/C24H29N3O6/c1-16-20(23(28)32-3)22(18-11-10-12-19(15-18)27(30)31)21(17(2)26-16)24(29)33-14-9-7-5-4-6-8-13-25/h10-12,15,20,22H,4-9,14H2,1-3H3. The number of carbonyl (C=O) groups is 2. The number of nitrogens with zero attached hydrogens (tertiary/aromatic N) is 3. The molecule has 0 amide bonds. The first-order valence-corrected chi connectivity index (χ1v) is 10.9. The minimum Gasteiger partial charge on any atom is -0.468 e. The first-order valence-electron chi connectivity index (χ1n) is 10.9. The minimum absolute atomic E-state index is 0.141. The molecular formula is C24H29N3O6. The Kier molecular flexibility index (Phi) is 9.73. The van der Waals surface area contributed by atoms with Crippen LogP contribution in [0.4, 0.5) is 5.69 Å². The van der Waals surface area contributed by atoms with E-state index in [1.807, 2.05) is 0 Å². The predicted octanol–water partition coefficient (Wildman–Crippen LogP) is 4.62. The van der Waals surface area contributed by atoms with E-state index in [1.165, 1.54) is 25.3 Å². The molecule has 1 aliphatic rings. The summed E-state index contributed by atoms with van der Waals surface area (Å²) in [6, 6.07) is 8.00. The molecule has 0 bridgehead atoms. The van der Waals surface area contributed by atoms with Crippen molar-refractivity contribution in [1.29, 1.82) is 5.26 Å². The molecule has 0 radical (unpaired) electrons. The molecule has 2 rings (SSSR count). The number of aliphatic imine (C=N–C) groups is 1. The second-order valence-corrected chi connectivity index (χ2v) is 7.89. The summed E-state index contributed by atoms with van der Waals surface area (Å²) in [4.78, 5) is 40.9. The number of nitro groups is 1. The average Bonchev–Trinajstić information content (AvgIpc) is 2.79. The summed E-state index contributed by atoms with van der Waals surface area (Å²) in [7, 11) is 1.25. The number of hydrogen-bond donors (Lipinski definition) is 0. The fourth-order valence-electron chi connectivity index (χ4n) is 4.01. The van der Waals surface area contributed by atoms with Crippen LogP contribution in [0.25, 0.3) is 0 Å². The summed E-state index contributed by atoms with van der Waals surface area (Å²) in [5, 5.41) is 19.9. The lowest BCUT2D eigenvalue weighted by Gasteiger charge is -2.31. The minimum atomic E-state index is -0.900. The summed E-state index contributed by atoms with van der Waals surface area (Å²) < 4.78 is 10.5. The number of benzene rings is 1. The van der Waals surface area contributed by atoms with Crippen LogP contribution in [0.1, 0.15) is 63.9 Å². The summed E-state index contributed by atoms with van der Waals surface area (Å²) in [6.45, 7) is 3.54. The van der Waals surface area contributed by atoms with E-state index >= 15 is 0 Å². The van der Waals surface area contributed by atoms with Crippen LogP contribution in [0.5, 0.6) is 0 Å². The number of unbranched alkanes of at least 4 members (excludes halogenated alkanes) is 5. The second kappa shape index (κ2) is 12.5. The molecule has 0 saturated heterocycles. The Balaban J connectivity index is 2.25. The number of nitro benzene ring substituents is 1. The number of nitriles is 1. The van der Waals surface area contributed by atoms with E-state index in [4.69, 9.17) is 14.7 Å². The molecule has 0 aromatic heterocycles. The number of allylic oxidation sites excluding steroid dienone is 1. The molecule has 1 heterocycles. The molecule has 0 fully saturated rings. The van der Waals surface area contributed by atoms with Gasteiger partial charge in [0, 0.05) is 35.9 Å². The summed E-state index contributed by atoms with van der Waals surface area (Å²) in [6.07, 6.45) is 4.85. The quantitative estimate of drug-likeness (QED) is 0.206. The molecule has 9 nitrogen and oxygen atoms in total. The van der Waals surface area contributed by atoms with Gasteiger partial charge in [-0.2, -0.15) is 5.26 Å². The predicted molar refractivity (Wildman–Crippen MR) is 121 cm³/mol. The number of ether oxygens (including phenoxy) is 2. The van der Waals surface area contributed by atoms with Gasteiger partial charge in [0.05, 0.1) is 30.3 Å². The Morgan fingerprint density at radius 1 is 1.18 bits per heavy atom. The Morgan fingerprint density at radius 2 is 1.88 bits per heavy atom. The number of non-ortho nitro benzene ring substituents is 1. The lowest BCUT2D eigenvalue weighted by atomic mass is 9.75. The van der Waals surface area contributed by atoms with Crippen LogP contribution in [-0.4, -0.2) is 36.3 Å². The molecule has 0 saturated carbocycles. The third-order valence-electron chi connectivity index (χ3n) is 5.61. The van der Waals surface area contributed by atoms with Gasteiger partial charge in [-0.25, -0.2) is 4.79 Å². The largest absolute Gasteiger partial charge is 0.468 e. The normalized spacial score (nSPS) is 17.7. The molecule has 0 N–H and O–H groups in total. The highest BCUT2D eigenvalue weighted by atomic mass is 16.6. The van der Waals surface area contributed by atoms with Gasteiger partial charge < -0.3 is 9.47 Å². The molecule has 2 unspecified atom stereocenters. The van der Waals surface area contributed by atoms with E-state index in [2.05, 4.69) is 11.1 Å². The third kappa shape index (κ3) is 6.72. The lowest BCUT2D eigenvalue weighted by molar-refractivity contribution is -0.384. The number of methoxy groups -OCH3 is 1. The van der Waals surface area contributed by atoms with Crippen LogP contribution >= 0.6 is 0 Å². The third-order valence-corrected chi connectivity index (χ3v) is 5.61. The van der Waals surface area contributed by atoms with Crippen molar-refractivity contribution in [2.75, 3.05) is 13.7 Å². The molecule has 33 heavy (non-hydrogen) atoms. The monoisotopic (exact) mass is 455 g/mol. The maximum Gasteiger partial charge on any atom is 0.336 e. The number of hydrogen-bond acceptors (Lipinski definition) is 8. The van der Waals surface area contributed by atoms with Crippen LogP contribution in [0.15, 0.2) is 40.5 Å². The summed E-state index contributed by atoms with van der Waals surface area (Å²) in [5.74, 6) is -2.89. The first kappa shape index (κ1) is 25.7. The van der Waals surface area contributed by atoms with Crippen LogP contribution in [0.2, 0.25) is 0 Å². The zero-order chi connectivity index (χ0) is 24.4. The number of carbonyl (C=O) groups excluding carboxylic acids is 2. The molecule has 2 atom stereocenters. The van der Waals surface area contributed by atoms with Gasteiger partial charge in [-0.3, -0.25) is 19.9 Å². The Morgan fingerprint density at radius 3 is 2.55 bits per heavy atom. The van der Waals surface area contributed by atoms with Crippen molar-refractivity contribution in [3.63, 3.8) is 0 Å². The Hall–Kier alpha value is -3.54. The number of esters is 2. The van der Waals surface area contributed by atoms with Crippen molar-refractivity contribution in [2.45, 2.75) is 58.3 Å². The molecule has 0 spiro atoms. The van der Waals surface area contributed by atoms with Gasteiger partial charge in [-0.1, -0.05) is 31.4 Å². The van der Waals surface area contributed by atoms with E-state index in [-0.39, 0.29) is 17.9 Å². The van der Waals surface area contributed by atoms with Crippen LogP contribution in [0, 0.1) is 27.4 Å². The van der Waals surface area contributed by atoms with Gasteiger partial charge in [-0.15, -0.1) is 0 Å². The van der Waals surface area contributed by atoms with Gasteiger partial charge in [0.2, 0.25) is 0 Å². The Bertz CT molecular complexity index is 992. The van der Waals surface area contributed by atoms with Crippen molar-refractivity contribution in [3.05, 3.63) is 51.2 Å². The van der Waals surface area contributed by atoms with Crippen molar-refractivity contribution in [3.8, 4) is 6.07 Å². The zero-order valence-electron chi connectivity index (χ0n) is 19.2. The molecule has 1 aromatic rings. The highest BCUT2D eigenvalue weighted by Gasteiger charge is 2.42. The maximum atomic E-state index is 13.1. The van der Waals surface area contributed by atoms with Crippen molar-refractivity contribution < 1.29 is 24.0 Å². The van der Waals surface area contributed by atoms with Gasteiger partial charge in [0.1, 0.15) is 5.92 Å². The fourth-order valence-corrected chi connectivity index (χ4v) is 4.01. The van der Waals surface area contributed by atoms with Crippen LogP contribution in [0.3, 0.4) is 0 Å². The smallest absolute Gasteiger partial charge is 0.336 e. The Labute approximate surface area is 193 Å². The highest BCUT2D eigenvalue weighted by molar-refractivity contribution is 6.07. The van der Waals surface area contributed by atoms with Crippen LogP contribution < -0.4 is 0 Å².